The molecule has 12 heteroatoms. The molecule has 1 aromatic rings. The summed E-state index contributed by atoms with van der Waals surface area (Å²) in [5, 5.41) is 8.62. The number of rotatable bonds is 4. The fourth-order valence-corrected chi connectivity index (χ4v) is 2.44. The SMILES string of the molecule is CS(=O)(=O)N(CC(=O)O)c1cc(C(F)(F)F)cc(C(F)(F)F)c1. The minimum absolute atomic E-state index is 0.0557. The molecule has 0 heterocycles. The Morgan fingerprint density at radius 2 is 1.43 bits per heavy atom. The maximum absolute atomic E-state index is 12.7. The number of carboxylic acids is 1. The minimum Gasteiger partial charge on any atom is -0.480 e. The summed E-state index contributed by atoms with van der Waals surface area (Å²) in [6.07, 6.45) is -9.89. The predicted molar refractivity (Wildman–Crippen MR) is 66.3 cm³/mol. The van der Waals surface area contributed by atoms with Gasteiger partial charge in [-0.2, -0.15) is 26.3 Å². The zero-order valence-electron chi connectivity index (χ0n) is 11.2. The highest BCUT2D eigenvalue weighted by Gasteiger charge is 2.38. The largest absolute Gasteiger partial charge is 0.480 e. The Balaban J connectivity index is 3.64. The van der Waals surface area contributed by atoms with Crippen molar-refractivity contribution in [3.05, 3.63) is 29.3 Å². The minimum atomic E-state index is -5.18. The molecule has 0 saturated carbocycles. The predicted octanol–water partition coefficient (Wildman–Crippen LogP) is 2.57. The Labute approximate surface area is 126 Å². The van der Waals surface area contributed by atoms with Crippen molar-refractivity contribution in [1.29, 1.82) is 0 Å². The van der Waals surface area contributed by atoms with Gasteiger partial charge in [-0.05, 0) is 18.2 Å². The summed E-state index contributed by atoms with van der Waals surface area (Å²) in [6, 6.07) is 0.0865. The maximum Gasteiger partial charge on any atom is 0.416 e. The van der Waals surface area contributed by atoms with Crippen molar-refractivity contribution in [1.82, 2.24) is 0 Å². The van der Waals surface area contributed by atoms with Crippen molar-refractivity contribution in [2.45, 2.75) is 12.4 Å². The number of sulfonamides is 1. The van der Waals surface area contributed by atoms with E-state index in [9.17, 15) is 39.6 Å². The van der Waals surface area contributed by atoms with E-state index < -0.39 is 51.7 Å². The van der Waals surface area contributed by atoms with Crippen molar-refractivity contribution < 1.29 is 44.7 Å². The van der Waals surface area contributed by atoms with E-state index in [4.69, 9.17) is 5.11 Å². The molecule has 23 heavy (non-hydrogen) atoms. The van der Waals surface area contributed by atoms with E-state index in [1.807, 2.05) is 0 Å². The Bertz CT molecular complexity index is 678. The van der Waals surface area contributed by atoms with Gasteiger partial charge in [0.05, 0.1) is 23.1 Å². The normalized spacial score (nSPS) is 13.0. The van der Waals surface area contributed by atoms with Gasteiger partial charge in [-0.15, -0.1) is 0 Å². The van der Waals surface area contributed by atoms with Crippen LogP contribution in [0.5, 0.6) is 0 Å². The standard InChI is InChI=1S/C11H9F6NO4S/c1-23(21,22)18(5-9(19)20)8-3-6(10(12,13)14)2-7(4-8)11(15,16)17/h2-4H,5H2,1H3,(H,19,20). The van der Waals surface area contributed by atoms with Gasteiger partial charge in [0, 0.05) is 0 Å². The molecule has 0 saturated heterocycles. The maximum atomic E-state index is 12.7. The Kier molecular flexibility index (Phi) is 4.90. The average molecular weight is 365 g/mol. The van der Waals surface area contributed by atoms with E-state index in [1.54, 1.807) is 0 Å². The zero-order valence-corrected chi connectivity index (χ0v) is 12.1. The quantitative estimate of drug-likeness (QED) is 0.833. The van der Waals surface area contributed by atoms with Gasteiger partial charge in [0.1, 0.15) is 6.54 Å². The fraction of sp³-hybridized carbons (Fsp3) is 0.364. The third-order valence-electron chi connectivity index (χ3n) is 2.54. The highest BCUT2D eigenvalue weighted by molar-refractivity contribution is 7.92. The first-order valence-electron chi connectivity index (χ1n) is 5.61. The second-order valence-corrected chi connectivity index (χ2v) is 6.33. The molecule has 0 atom stereocenters. The van der Waals surface area contributed by atoms with Crippen molar-refractivity contribution in [2.24, 2.45) is 0 Å². The third-order valence-corrected chi connectivity index (χ3v) is 3.68. The van der Waals surface area contributed by atoms with Gasteiger partial charge >= 0.3 is 18.3 Å². The van der Waals surface area contributed by atoms with Crippen molar-refractivity contribution in [3.63, 3.8) is 0 Å². The topological polar surface area (TPSA) is 74.7 Å². The smallest absolute Gasteiger partial charge is 0.416 e. The van der Waals surface area contributed by atoms with E-state index >= 15 is 0 Å². The van der Waals surface area contributed by atoms with Crippen LogP contribution in [-0.2, 0) is 27.2 Å². The third kappa shape index (κ3) is 5.01. The molecule has 130 valence electrons. The van der Waals surface area contributed by atoms with Gasteiger partial charge in [-0.3, -0.25) is 9.10 Å². The summed E-state index contributed by atoms with van der Waals surface area (Å²) in [6.45, 7) is -1.32. The molecule has 0 aliphatic rings. The number of carbonyl (C=O) groups is 1. The van der Waals surface area contributed by atoms with Gasteiger partial charge in [-0.1, -0.05) is 0 Å². The van der Waals surface area contributed by atoms with Gasteiger partial charge in [0.15, 0.2) is 0 Å². The highest BCUT2D eigenvalue weighted by atomic mass is 32.2. The molecule has 5 nitrogen and oxygen atoms in total. The van der Waals surface area contributed by atoms with Gasteiger partial charge in [0.2, 0.25) is 10.0 Å². The monoisotopic (exact) mass is 365 g/mol. The zero-order chi connectivity index (χ0) is 18.2. The van der Waals surface area contributed by atoms with Crippen LogP contribution in [0.4, 0.5) is 32.0 Å². The first-order chi connectivity index (χ1) is 10.1. The van der Waals surface area contributed by atoms with Gasteiger partial charge in [0.25, 0.3) is 0 Å². The molecule has 1 N–H and O–H groups in total. The Hall–Kier alpha value is -1.98. The van der Waals surface area contributed by atoms with Crippen LogP contribution in [0, 0.1) is 0 Å². The number of hydrogen-bond donors (Lipinski definition) is 1. The average Bonchev–Trinajstić information content (AvgIpc) is 2.31. The molecule has 0 spiro atoms. The van der Waals surface area contributed by atoms with Crippen LogP contribution in [0.3, 0.4) is 0 Å². The molecule has 0 aliphatic heterocycles. The lowest BCUT2D eigenvalue weighted by Gasteiger charge is -2.23. The van der Waals surface area contributed by atoms with Crippen LogP contribution in [-0.4, -0.2) is 32.3 Å². The molecule has 0 bridgehead atoms. The van der Waals surface area contributed by atoms with E-state index in [0.717, 1.165) is 0 Å². The van der Waals surface area contributed by atoms with Crippen LogP contribution in [0.15, 0.2) is 18.2 Å². The number of aliphatic carboxylic acids is 1. The van der Waals surface area contributed by atoms with E-state index in [0.29, 0.717) is 6.26 Å². The number of halogens is 6. The number of benzene rings is 1. The van der Waals surface area contributed by atoms with Crippen molar-refractivity contribution in [3.8, 4) is 0 Å². The summed E-state index contributed by atoms with van der Waals surface area (Å²) in [7, 11) is -4.42. The lowest BCUT2D eigenvalue weighted by molar-refractivity contribution is -0.143. The summed E-state index contributed by atoms with van der Waals surface area (Å²) in [4.78, 5) is 10.6. The van der Waals surface area contributed by atoms with Gasteiger partial charge in [-0.25, -0.2) is 8.42 Å². The number of hydrogen-bond acceptors (Lipinski definition) is 3. The first kappa shape index (κ1) is 19.1. The van der Waals surface area contributed by atoms with Crippen LogP contribution in [0.1, 0.15) is 11.1 Å². The van der Waals surface area contributed by atoms with Crippen LogP contribution < -0.4 is 4.31 Å². The molecule has 1 aromatic carbocycles. The Morgan fingerprint density at radius 3 is 1.70 bits per heavy atom. The second kappa shape index (κ2) is 5.91. The molecule has 0 aromatic heterocycles. The van der Waals surface area contributed by atoms with Crippen LogP contribution in [0.25, 0.3) is 0 Å². The van der Waals surface area contributed by atoms with Crippen LogP contribution in [0.2, 0.25) is 0 Å². The Morgan fingerprint density at radius 1 is 1.04 bits per heavy atom. The van der Waals surface area contributed by atoms with E-state index in [2.05, 4.69) is 0 Å². The summed E-state index contributed by atoms with van der Waals surface area (Å²) >= 11 is 0. The first-order valence-corrected chi connectivity index (χ1v) is 7.46. The van der Waals surface area contributed by atoms with Gasteiger partial charge < -0.3 is 5.11 Å². The summed E-state index contributed by atoms with van der Waals surface area (Å²) < 4.78 is 99.2. The van der Waals surface area contributed by atoms with Crippen molar-refractivity contribution >= 4 is 21.7 Å². The van der Waals surface area contributed by atoms with E-state index in [1.165, 1.54) is 0 Å². The lowest BCUT2D eigenvalue weighted by Crippen LogP contribution is -2.35. The number of anilines is 1. The number of alkyl halides is 6. The molecule has 0 aliphatic carbocycles. The highest BCUT2D eigenvalue weighted by Crippen LogP contribution is 2.38. The van der Waals surface area contributed by atoms with Crippen molar-refractivity contribution in [2.75, 3.05) is 17.1 Å². The number of carboxylic acid groups (broad SMARTS) is 1. The molecule has 1 rings (SSSR count). The summed E-state index contributed by atoms with van der Waals surface area (Å²) in [5.74, 6) is -1.75. The fourth-order valence-electron chi connectivity index (χ4n) is 1.61. The molecule has 0 unspecified atom stereocenters. The lowest BCUT2D eigenvalue weighted by atomic mass is 10.1. The van der Waals surface area contributed by atoms with Crippen LogP contribution >= 0.6 is 0 Å². The summed E-state index contributed by atoms with van der Waals surface area (Å²) in [5.41, 5.74) is -4.54. The molecular weight excluding hydrogens is 356 g/mol. The molecular formula is C11H9F6NO4S. The molecule has 0 radical (unpaired) electrons. The number of nitrogens with zero attached hydrogens (tertiary/aromatic N) is 1. The van der Waals surface area contributed by atoms with E-state index in [-0.39, 0.29) is 22.5 Å². The molecule has 0 fully saturated rings. The second-order valence-electron chi connectivity index (χ2n) is 4.43. The molecule has 0 amide bonds.